The van der Waals surface area contributed by atoms with Gasteiger partial charge in [-0.2, -0.15) is 0 Å². The van der Waals surface area contributed by atoms with Gasteiger partial charge in [-0.3, -0.25) is 9.48 Å². The molecule has 0 radical (unpaired) electrons. The number of anilines is 1. The number of rotatable bonds is 2. The second-order valence-electron chi connectivity index (χ2n) is 2.95. The first-order chi connectivity index (χ1) is 7.25. The lowest BCUT2D eigenvalue weighted by Crippen LogP contribution is -2.13. The van der Waals surface area contributed by atoms with Crippen LogP contribution in [0.1, 0.15) is 10.5 Å². The molecule has 0 atom stereocenters. The van der Waals surface area contributed by atoms with Crippen LogP contribution in [0.3, 0.4) is 0 Å². The van der Waals surface area contributed by atoms with Crippen LogP contribution in [0.5, 0.6) is 0 Å². The Labute approximate surface area is 85.9 Å². The van der Waals surface area contributed by atoms with Crippen LogP contribution in [0, 0.1) is 0 Å². The van der Waals surface area contributed by atoms with Gasteiger partial charge in [0.2, 0.25) is 0 Å². The molecule has 0 bridgehead atoms. The molecule has 2 aromatic rings. The minimum atomic E-state index is -0.318. The molecule has 2 aromatic heterocycles. The molecule has 6 heteroatoms. The van der Waals surface area contributed by atoms with Crippen molar-refractivity contribution in [2.24, 2.45) is 7.05 Å². The Morgan fingerprint density at radius 3 is 2.93 bits per heavy atom. The van der Waals surface area contributed by atoms with Crippen LogP contribution in [0.2, 0.25) is 0 Å². The zero-order chi connectivity index (χ0) is 10.7. The number of nitrogens with zero attached hydrogens (tertiary/aromatic N) is 4. The molecule has 76 valence electrons. The van der Waals surface area contributed by atoms with E-state index in [9.17, 15) is 4.79 Å². The average molecular weight is 203 g/mol. The van der Waals surface area contributed by atoms with Crippen molar-refractivity contribution >= 4 is 11.7 Å². The summed E-state index contributed by atoms with van der Waals surface area (Å²) in [6.07, 6.45) is 3.14. The Bertz CT molecular complexity index is 464. The summed E-state index contributed by atoms with van der Waals surface area (Å²) in [5.74, 6) is 0.176. The monoisotopic (exact) mass is 203 g/mol. The number of hydrogen-bond acceptors (Lipinski definition) is 4. The minimum Gasteiger partial charge on any atom is -0.305 e. The van der Waals surface area contributed by atoms with Crippen LogP contribution < -0.4 is 5.32 Å². The molecule has 0 aliphatic heterocycles. The van der Waals surface area contributed by atoms with Gasteiger partial charge >= 0.3 is 0 Å². The molecular weight excluding hydrogens is 194 g/mol. The van der Waals surface area contributed by atoms with Gasteiger partial charge < -0.3 is 5.32 Å². The fraction of sp³-hybridized carbons (Fsp3) is 0.111. The summed E-state index contributed by atoms with van der Waals surface area (Å²) in [7, 11) is 1.70. The third-order valence-corrected chi connectivity index (χ3v) is 1.74. The standard InChI is InChI=1S/C9H9N5O/c1-14-6-7(12-13-14)9(15)11-8-4-2-3-5-10-8/h2-6H,1H3,(H,10,11,15). The van der Waals surface area contributed by atoms with Crippen molar-refractivity contribution in [1.82, 2.24) is 20.0 Å². The number of carbonyl (C=O) groups is 1. The van der Waals surface area contributed by atoms with Crippen LogP contribution in [0.25, 0.3) is 0 Å². The van der Waals surface area contributed by atoms with Crippen molar-refractivity contribution in [3.8, 4) is 0 Å². The highest BCUT2D eigenvalue weighted by atomic mass is 16.2. The predicted molar refractivity (Wildman–Crippen MR) is 53.2 cm³/mol. The smallest absolute Gasteiger partial charge is 0.278 e. The number of aryl methyl sites for hydroxylation is 1. The second-order valence-corrected chi connectivity index (χ2v) is 2.95. The highest BCUT2D eigenvalue weighted by Gasteiger charge is 2.09. The van der Waals surface area contributed by atoms with Gasteiger partial charge in [0.15, 0.2) is 5.69 Å². The summed E-state index contributed by atoms with van der Waals surface area (Å²) in [6.45, 7) is 0. The topological polar surface area (TPSA) is 72.7 Å². The number of pyridine rings is 1. The van der Waals surface area contributed by atoms with E-state index in [0.29, 0.717) is 5.82 Å². The maximum atomic E-state index is 11.6. The zero-order valence-corrected chi connectivity index (χ0v) is 8.08. The van der Waals surface area contributed by atoms with E-state index >= 15 is 0 Å². The van der Waals surface area contributed by atoms with E-state index < -0.39 is 0 Å². The molecule has 0 spiro atoms. The van der Waals surface area contributed by atoms with Crippen molar-refractivity contribution in [3.63, 3.8) is 0 Å². The molecular formula is C9H9N5O. The van der Waals surface area contributed by atoms with Crippen LogP contribution in [-0.4, -0.2) is 25.9 Å². The Kier molecular flexibility index (Phi) is 2.40. The van der Waals surface area contributed by atoms with Gasteiger partial charge in [0.05, 0.1) is 6.20 Å². The van der Waals surface area contributed by atoms with Crippen LogP contribution >= 0.6 is 0 Å². The molecule has 0 fully saturated rings. The Morgan fingerprint density at radius 2 is 2.33 bits per heavy atom. The molecule has 1 N–H and O–H groups in total. The van der Waals surface area contributed by atoms with E-state index in [0.717, 1.165) is 0 Å². The van der Waals surface area contributed by atoms with Gasteiger partial charge in [0.1, 0.15) is 5.82 Å². The molecule has 2 heterocycles. The van der Waals surface area contributed by atoms with Crippen molar-refractivity contribution in [1.29, 1.82) is 0 Å². The molecule has 0 unspecified atom stereocenters. The van der Waals surface area contributed by atoms with Crippen molar-refractivity contribution in [3.05, 3.63) is 36.3 Å². The van der Waals surface area contributed by atoms with Crippen molar-refractivity contribution in [2.75, 3.05) is 5.32 Å². The van der Waals surface area contributed by atoms with E-state index in [-0.39, 0.29) is 11.6 Å². The molecule has 0 aromatic carbocycles. The highest BCUT2D eigenvalue weighted by molar-refractivity contribution is 6.01. The summed E-state index contributed by atoms with van der Waals surface area (Å²) < 4.78 is 1.47. The Balaban J connectivity index is 2.11. The maximum absolute atomic E-state index is 11.6. The van der Waals surface area contributed by atoms with Gasteiger partial charge in [-0.05, 0) is 12.1 Å². The quantitative estimate of drug-likeness (QED) is 0.769. The van der Waals surface area contributed by atoms with Gasteiger partial charge in [-0.15, -0.1) is 5.10 Å². The fourth-order valence-electron chi connectivity index (χ4n) is 1.07. The number of hydrogen-bond donors (Lipinski definition) is 1. The summed E-state index contributed by atoms with van der Waals surface area (Å²) in [6, 6.07) is 5.27. The molecule has 15 heavy (non-hydrogen) atoms. The van der Waals surface area contributed by atoms with E-state index in [1.807, 2.05) is 0 Å². The average Bonchev–Trinajstić information content (AvgIpc) is 2.66. The predicted octanol–water partition coefficient (Wildman–Crippen LogP) is 0.462. The van der Waals surface area contributed by atoms with Crippen LogP contribution in [0.15, 0.2) is 30.6 Å². The SMILES string of the molecule is Cn1cc(C(=O)Nc2ccccn2)nn1. The maximum Gasteiger partial charge on any atom is 0.278 e. The summed E-state index contributed by atoms with van der Waals surface area (Å²) in [4.78, 5) is 15.5. The van der Waals surface area contributed by atoms with E-state index in [1.165, 1.54) is 10.9 Å². The molecule has 1 amide bonds. The number of amides is 1. The number of aromatic nitrogens is 4. The Morgan fingerprint density at radius 1 is 1.47 bits per heavy atom. The van der Waals surface area contributed by atoms with Gasteiger partial charge in [0, 0.05) is 13.2 Å². The molecule has 0 aliphatic rings. The normalized spacial score (nSPS) is 9.93. The highest BCUT2D eigenvalue weighted by Crippen LogP contribution is 2.02. The lowest BCUT2D eigenvalue weighted by Gasteiger charge is -1.99. The zero-order valence-electron chi connectivity index (χ0n) is 8.08. The third-order valence-electron chi connectivity index (χ3n) is 1.74. The number of carbonyl (C=O) groups excluding carboxylic acids is 1. The van der Waals surface area contributed by atoms with Gasteiger partial charge in [0.25, 0.3) is 5.91 Å². The minimum absolute atomic E-state index is 0.267. The van der Waals surface area contributed by atoms with Crippen LogP contribution in [0.4, 0.5) is 5.82 Å². The molecule has 0 aliphatic carbocycles. The molecule has 2 rings (SSSR count). The fourth-order valence-corrected chi connectivity index (χ4v) is 1.07. The molecule has 0 saturated carbocycles. The largest absolute Gasteiger partial charge is 0.305 e. The Hall–Kier alpha value is -2.24. The van der Waals surface area contributed by atoms with Gasteiger partial charge in [-0.25, -0.2) is 4.98 Å². The third kappa shape index (κ3) is 2.16. The van der Waals surface area contributed by atoms with E-state index in [2.05, 4.69) is 20.6 Å². The molecule has 6 nitrogen and oxygen atoms in total. The van der Waals surface area contributed by atoms with E-state index in [4.69, 9.17) is 0 Å². The number of nitrogens with one attached hydrogen (secondary N) is 1. The first-order valence-electron chi connectivity index (χ1n) is 4.34. The van der Waals surface area contributed by atoms with Gasteiger partial charge in [-0.1, -0.05) is 11.3 Å². The van der Waals surface area contributed by atoms with Crippen molar-refractivity contribution < 1.29 is 4.79 Å². The summed E-state index contributed by atoms with van der Waals surface area (Å²) >= 11 is 0. The lowest BCUT2D eigenvalue weighted by molar-refractivity contribution is 0.102. The molecule has 0 saturated heterocycles. The second kappa shape index (κ2) is 3.87. The van der Waals surface area contributed by atoms with E-state index in [1.54, 1.807) is 31.4 Å². The van der Waals surface area contributed by atoms with Crippen LogP contribution in [-0.2, 0) is 7.05 Å². The van der Waals surface area contributed by atoms with Crippen molar-refractivity contribution in [2.45, 2.75) is 0 Å². The summed E-state index contributed by atoms with van der Waals surface area (Å²) in [5.41, 5.74) is 0.267. The first kappa shape index (κ1) is 9.32. The first-order valence-corrected chi connectivity index (χ1v) is 4.34. The summed E-state index contributed by atoms with van der Waals surface area (Å²) in [5, 5.41) is 9.96. The lowest BCUT2D eigenvalue weighted by atomic mass is 10.4.